The van der Waals surface area contributed by atoms with Crippen LogP contribution >= 0.6 is 47.8 Å². The molecule has 94 valence electrons. The molecule has 0 fully saturated rings. The van der Waals surface area contributed by atoms with Crippen molar-refractivity contribution in [2.45, 2.75) is 18.7 Å². The lowest BCUT2D eigenvalue weighted by Gasteiger charge is -2.14. The standard InChI is InChI=1S/C15H13Br3/c1-9-3-4-11(7-10(9)2)15(18)13-6-5-12(16)8-14(13)17/h3-8,15H,1-2H3. The molecule has 0 aliphatic heterocycles. The minimum atomic E-state index is 0.208. The van der Waals surface area contributed by atoms with Crippen LogP contribution in [0, 0.1) is 13.8 Å². The summed E-state index contributed by atoms with van der Waals surface area (Å²) in [5, 5.41) is 0. The van der Waals surface area contributed by atoms with Crippen LogP contribution in [-0.4, -0.2) is 0 Å². The number of hydrogen-bond donors (Lipinski definition) is 0. The minimum absolute atomic E-state index is 0.208. The third kappa shape index (κ3) is 3.06. The molecule has 0 saturated carbocycles. The maximum Gasteiger partial charge on any atom is 0.0655 e. The number of benzene rings is 2. The summed E-state index contributed by atoms with van der Waals surface area (Å²) in [6.07, 6.45) is 0. The second kappa shape index (κ2) is 5.89. The molecule has 2 aromatic carbocycles. The van der Waals surface area contributed by atoms with Crippen LogP contribution in [-0.2, 0) is 0 Å². The molecule has 1 unspecified atom stereocenters. The van der Waals surface area contributed by atoms with E-state index in [0.29, 0.717) is 0 Å². The molecule has 2 rings (SSSR count). The van der Waals surface area contributed by atoms with E-state index in [4.69, 9.17) is 0 Å². The predicted octanol–water partition coefficient (Wildman–Crippen LogP) is 6.31. The van der Waals surface area contributed by atoms with Gasteiger partial charge in [0, 0.05) is 8.95 Å². The van der Waals surface area contributed by atoms with E-state index in [1.54, 1.807) is 0 Å². The van der Waals surface area contributed by atoms with Crippen molar-refractivity contribution in [1.82, 2.24) is 0 Å². The molecule has 3 heteroatoms. The first-order valence-electron chi connectivity index (χ1n) is 5.65. The summed E-state index contributed by atoms with van der Waals surface area (Å²) in [6.45, 7) is 4.28. The average Bonchev–Trinajstić information content (AvgIpc) is 2.32. The molecule has 0 N–H and O–H groups in total. The lowest BCUT2D eigenvalue weighted by atomic mass is 10.0. The number of halogens is 3. The third-order valence-corrected chi connectivity index (χ3v) is 5.26. The van der Waals surface area contributed by atoms with E-state index in [9.17, 15) is 0 Å². The second-order valence-electron chi connectivity index (χ2n) is 4.37. The normalized spacial score (nSPS) is 12.5. The average molecular weight is 433 g/mol. The fraction of sp³-hybridized carbons (Fsp3) is 0.200. The van der Waals surface area contributed by atoms with Crippen molar-refractivity contribution in [3.05, 3.63) is 67.6 Å². The van der Waals surface area contributed by atoms with E-state index >= 15 is 0 Å². The molecule has 0 spiro atoms. The summed E-state index contributed by atoms with van der Waals surface area (Å²) >= 11 is 10.9. The van der Waals surface area contributed by atoms with Crippen molar-refractivity contribution >= 4 is 47.8 Å². The smallest absolute Gasteiger partial charge is 0.0655 e. The van der Waals surface area contributed by atoms with Crippen LogP contribution in [0.4, 0.5) is 0 Å². The van der Waals surface area contributed by atoms with Gasteiger partial charge in [0.25, 0.3) is 0 Å². The zero-order valence-corrected chi connectivity index (χ0v) is 14.9. The summed E-state index contributed by atoms with van der Waals surface area (Å²) < 4.78 is 2.19. The molecular formula is C15H13Br3. The van der Waals surface area contributed by atoms with E-state index in [1.807, 2.05) is 0 Å². The molecular weight excluding hydrogens is 420 g/mol. The zero-order chi connectivity index (χ0) is 13.3. The van der Waals surface area contributed by atoms with Crippen molar-refractivity contribution in [1.29, 1.82) is 0 Å². The highest BCUT2D eigenvalue weighted by Gasteiger charge is 2.14. The fourth-order valence-corrected chi connectivity index (χ4v) is 4.08. The Bertz CT molecular complexity index is 576. The molecule has 0 aliphatic rings. The predicted molar refractivity (Wildman–Crippen MR) is 88.5 cm³/mol. The van der Waals surface area contributed by atoms with Gasteiger partial charge in [-0.15, -0.1) is 0 Å². The van der Waals surface area contributed by atoms with Gasteiger partial charge in [-0.05, 0) is 48.2 Å². The number of rotatable bonds is 2. The quantitative estimate of drug-likeness (QED) is 0.487. The molecule has 0 bridgehead atoms. The van der Waals surface area contributed by atoms with Gasteiger partial charge in [-0.2, -0.15) is 0 Å². The SMILES string of the molecule is Cc1ccc(C(Br)c2ccc(Br)cc2Br)cc1C. The molecule has 0 aliphatic carbocycles. The highest BCUT2D eigenvalue weighted by Crippen LogP contribution is 2.37. The van der Waals surface area contributed by atoms with Crippen molar-refractivity contribution < 1.29 is 0 Å². The summed E-state index contributed by atoms with van der Waals surface area (Å²) in [6, 6.07) is 12.9. The first-order valence-corrected chi connectivity index (χ1v) is 8.15. The maximum atomic E-state index is 3.78. The number of aryl methyl sites for hydroxylation is 2. The highest BCUT2D eigenvalue weighted by atomic mass is 79.9. The lowest BCUT2D eigenvalue weighted by Crippen LogP contribution is -1.95. The Labute approximate surface area is 133 Å². The molecule has 0 saturated heterocycles. The molecule has 0 radical (unpaired) electrons. The van der Waals surface area contributed by atoms with Crippen LogP contribution in [0.2, 0.25) is 0 Å². The van der Waals surface area contributed by atoms with E-state index in [1.165, 1.54) is 22.3 Å². The molecule has 18 heavy (non-hydrogen) atoms. The minimum Gasteiger partial charge on any atom is -0.0786 e. The summed E-state index contributed by atoms with van der Waals surface area (Å²) in [5.74, 6) is 0. The Hall–Kier alpha value is -0.120. The fourth-order valence-electron chi connectivity index (χ4n) is 1.81. The van der Waals surface area contributed by atoms with E-state index < -0.39 is 0 Å². The zero-order valence-electron chi connectivity index (χ0n) is 10.2. The van der Waals surface area contributed by atoms with Crippen LogP contribution in [0.15, 0.2) is 45.3 Å². The molecule has 0 nitrogen and oxygen atoms in total. The summed E-state index contributed by atoms with van der Waals surface area (Å²) in [5.41, 5.74) is 5.17. The first kappa shape index (κ1) is 14.3. The largest absolute Gasteiger partial charge is 0.0786 e. The molecule has 2 aromatic rings. The number of alkyl halides is 1. The third-order valence-electron chi connectivity index (χ3n) is 3.06. The Morgan fingerprint density at radius 3 is 2.22 bits per heavy atom. The molecule has 0 aromatic heterocycles. The van der Waals surface area contributed by atoms with Crippen LogP contribution in [0.25, 0.3) is 0 Å². The van der Waals surface area contributed by atoms with Crippen LogP contribution in [0.1, 0.15) is 27.1 Å². The molecule has 1 atom stereocenters. The van der Waals surface area contributed by atoms with Crippen LogP contribution < -0.4 is 0 Å². The Balaban J connectivity index is 2.41. The van der Waals surface area contributed by atoms with Crippen LogP contribution in [0.5, 0.6) is 0 Å². The molecule has 0 amide bonds. The maximum absolute atomic E-state index is 3.78. The first-order chi connectivity index (χ1) is 8.49. The topological polar surface area (TPSA) is 0 Å². The van der Waals surface area contributed by atoms with Crippen molar-refractivity contribution in [3.8, 4) is 0 Å². The Morgan fingerprint density at radius 2 is 1.61 bits per heavy atom. The number of hydrogen-bond acceptors (Lipinski definition) is 0. The molecule has 0 heterocycles. The lowest BCUT2D eigenvalue weighted by molar-refractivity contribution is 1.14. The van der Waals surface area contributed by atoms with Gasteiger partial charge in [-0.1, -0.05) is 72.1 Å². The van der Waals surface area contributed by atoms with Gasteiger partial charge in [-0.3, -0.25) is 0 Å². The highest BCUT2D eigenvalue weighted by molar-refractivity contribution is 9.11. The van der Waals surface area contributed by atoms with Crippen molar-refractivity contribution in [3.63, 3.8) is 0 Å². The van der Waals surface area contributed by atoms with Gasteiger partial charge in [0.05, 0.1) is 4.83 Å². The van der Waals surface area contributed by atoms with E-state index in [0.717, 1.165) is 8.95 Å². The van der Waals surface area contributed by atoms with E-state index in [-0.39, 0.29) is 4.83 Å². The second-order valence-corrected chi connectivity index (χ2v) is 7.06. The van der Waals surface area contributed by atoms with Crippen molar-refractivity contribution in [2.24, 2.45) is 0 Å². The van der Waals surface area contributed by atoms with Gasteiger partial charge in [0.1, 0.15) is 0 Å². The Kier molecular flexibility index (Phi) is 4.68. The van der Waals surface area contributed by atoms with E-state index in [2.05, 4.69) is 98.0 Å². The van der Waals surface area contributed by atoms with Gasteiger partial charge < -0.3 is 0 Å². The van der Waals surface area contributed by atoms with Gasteiger partial charge in [0.15, 0.2) is 0 Å². The summed E-state index contributed by atoms with van der Waals surface area (Å²) in [4.78, 5) is 0.208. The van der Waals surface area contributed by atoms with Gasteiger partial charge in [-0.25, -0.2) is 0 Å². The van der Waals surface area contributed by atoms with Gasteiger partial charge >= 0.3 is 0 Å². The summed E-state index contributed by atoms with van der Waals surface area (Å²) in [7, 11) is 0. The Morgan fingerprint density at radius 1 is 0.889 bits per heavy atom. The monoisotopic (exact) mass is 430 g/mol. The van der Waals surface area contributed by atoms with Crippen LogP contribution in [0.3, 0.4) is 0 Å². The van der Waals surface area contributed by atoms with Crippen molar-refractivity contribution in [2.75, 3.05) is 0 Å². The van der Waals surface area contributed by atoms with Gasteiger partial charge in [0.2, 0.25) is 0 Å².